The van der Waals surface area contributed by atoms with E-state index in [9.17, 15) is 19.3 Å². The Morgan fingerprint density at radius 2 is 2.00 bits per heavy atom. The second-order valence-electron chi connectivity index (χ2n) is 6.10. The quantitative estimate of drug-likeness (QED) is 0.668. The highest BCUT2D eigenvalue weighted by Gasteiger charge is 2.33. The zero-order valence-corrected chi connectivity index (χ0v) is 13.7. The van der Waals surface area contributed by atoms with Crippen LogP contribution in [0.5, 0.6) is 0 Å². The van der Waals surface area contributed by atoms with Crippen LogP contribution in [-0.2, 0) is 11.3 Å². The van der Waals surface area contributed by atoms with Crippen LogP contribution in [0.4, 0.5) is 15.8 Å². The maximum atomic E-state index is 13.0. The Hall–Kier alpha value is -2.96. The van der Waals surface area contributed by atoms with Gasteiger partial charge in [-0.2, -0.15) is 0 Å². The second-order valence-corrected chi connectivity index (χ2v) is 6.10. The van der Waals surface area contributed by atoms with Crippen molar-refractivity contribution in [3.05, 3.63) is 69.5 Å². The van der Waals surface area contributed by atoms with Crippen LogP contribution in [0.15, 0.2) is 42.5 Å². The van der Waals surface area contributed by atoms with Crippen molar-refractivity contribution in [3.63, 3.8) is 0 Å². The van der Waals surface area contributed by atoms with E-state index in [4.69, 9.17) is 0 Å². The van der Waals surface area contributed by atoms with Crippen LogP contribution < -0.4 is 5.32 Å². The highest BCUT2D eigenvalue weighted by Crippen LogP contribution is 2.30. The molecule has 1 amide bonds. The number of carbonyl (C=O) groups excluding carboxylic acids is 1. The summed E-state index contributed by atoms with van der Waals surface area (Å²) in [5.74, 6) is -0.428. The highest BCUT2D eigenvalue weighted by molar-refractivity contribution is 5.87. The van der Waals surface area contributed by atoms with Gasteiger partial charge in [0, 0.05) is 18.7 Å². The van der Waals surface area contributed by atoms with Gasteiger partial charge in [0.05, 0.1) is 4.92 Å². The van der Waals surface area contributed by atoms with Crippen molar-refractivity contribution < 1.29 is 14.1 Å². The summed E-state index contributed by atoms with van der Waals surface area (Å²) >= 11 is 0. The lowest BCUT2D eigenvalue weighted by Crippen LogP contribution is -2.33. The van der Waals surface area contributed by atoms with Gasteiger partial charge >= 0.3 is 0 Å². The first kappa shape index (κ1) is 16.9. The topological polar surface area (TPSA) is 75.5 Å². The molecular weight excluding hydrogens is 325 g/mol. The molecule has 0 saturated carbocycles. The molecule has 1 aliphatic heterocycles. The van der Waals surface area contributed by atoms with Gasteiger partial charge in [-0.3, -0.25) is 14.9 Å². The summed E-state index contributed by atoms with van der Waals surface area (Å²) in [7, 11) is 0. The van der Waals surface area contributed by atoms with Gasteiger partial charge in [0.1, 0.15) is 17.5 Å². The molecule has 1 unspecified atom stereocenters. The predicted octanol–water partition coefficient (Wildman–Crippen LogP) is 3.26. The summed E-state index contributed by atoms with van der Waals surface area (Å²) in [4.78, 5) is 25.1. The molecule has 1 heterocycles. The number of likely N-dealkylation sites (tertiary alicyclic amines) is 1. The van der Waals surface area contributed by atoms with Gasteiger partial charge in [-0.15, -0.1) is 0 Å². The van der Waals surface area contributed by atoms with Crippen molar-refractivity contribution in [2.45, 2.75) is 25.9 Å². The summed E-state index contributed by atoms with van der Waals surface area (Å²) in [6.07, 6.45) is 0.561. The molecule has 0 spiro atoms. The molecule has 6 nitrogen and oxygen atoms in total. The van der Waals surface area contributed by atoms with Crippen molar-refractivity contribution in [1.82, 2.24) is 4.90 Å². The van der Waals surface area contributed by atoms with E-state index in [1.807, 2.05) is 0 Å². The molecule has 2 aromatic carbocycles. The lowest BCUT2D eigenvalue weighted by atomic mass is 10.1. The monoisotopic (exact) mass is 343 g/mol. The third-order valence-electron chi connectivity index (χ3n) is 4.33. The minimum atomic E-state index is -0.499. The van der Waals surface area contributed by atoms with E-state index in [0.717, 1.165) is 5.56 Å². The summed E-state index contributed by atoms with van der Waals surface area (Å²) in [6.45, 7) is 2.61. The van der Waals surface area contributed by atoms with E-state index in [1.165, 1.54) is 12.1 Å². The number of hydrogen-bond acceptors (Lipinski definition) is 4. The third kappa shape index (κ3) is 3.60. The van der Waals surface area contributed by atoms with Crippen molar-refractivity contribution in [2.24, 2.45) is 0 Å². The van der Waals surface area contributed by atoms with Gasteiger partial charge < -0.3 is 10.2 Å². The summed E-state index contributed by atoms with van der Waals surface area (Å²) in [5.41, 5.74) is 1.74. The molecule has 130 valence electrons. The van der Waals surface area contributed by atoms with Crippen molar-refractivity contribution in [2.75, 3.05) is 11.9 Å². The van der Waals surface area contributed by atoms with Crippen molar-refractivity contribution in [1.29, 1.82) is 0 Å². The minimum Gasteiger partial charge on any atom is -0.368 e. The average molecular weight is 343 g/mol. The fourth-order valence-corrected chi connectivity index (χ4v) is 3.05. The normalized spacial score (nSPS) is 17.0. The molecule has 1 atom stereocenters. The third-order valence-corrected chi connectivity index (χ3v) is 4.33. The maximum absolute atomic E-state index is 13.0. The number of amides is 1. The number of halogens is 1. The molecular formula is C18H18FN3O3. The van der Waals surface area contributed by atoms with Crippen LogP contribution in [0.1, 0.15) is 17.5 Å². The van der Waals surface area contributed by atoms with Crippen LogP contribution in [0.2, 0.25) is 0 Å². The molecule has 0 radical (unpaired) electrons. The van der Waals surface area contributed by atoms with Crippen LogP contribution in [-0.4, -0.2) is 28.3 Å². The van der Waals surface area contributed by atoms with Crippen LogP contribution >= 0.6 is 0 Å². The molecule has 2 aromatic rings. The first-order valence-electron chi connectivity index (χ1n) is 7.99. The van der Waals surface area contributed by atoms with E-state index in [1.54, 1.807) is 42.2 Å². The number of nitro groups is 1. The van der Waals surface area contributed by atoms with E-state index >= 15 is 0 Å². The lowest BCUT2D eigenvalue weighted by molar-refractivity contribution is -0.384. The van der Waals surface area contributed by atoms with Crippen molar-refractivity contribution >= 4 is 17.3 Å². The smallest absolute Gasteiger partial charge is 0.295 e. The Labute approximate surface area is 144 Å². The molecule has 3 rings (SSSR count). The molecule has 1 saturated heterocycles. The van der Waals surface area contributed by atoms with E-state index in [2.05, 4.69) is 5.32 Å². The number of para-hydroxylation sites is 1. The number of rotatable bonds is 5. The second kappa shape index (κ2) is 6.88. The number of aryl methyl sites for hydroxylation is 1. The van der Waals surface area contributed by atoms with Gasteiger partial charge in [-0.05, 0) is 37.1 Å². The standard InChI is InChI=1S/C18H18FN3O3/c1-12-3-2-4-15(17(12)22(24)25)20-16-9-10-21(18(16)23)11-13-5-7-14(19)8-6-13/h2-8,16,20H,9-11H2,1H3. The van der Waals surface area contributed by atoms with Crippen LogP contribution in [0.25, 0.3) is 0 Å². The number of nitrogens with one attached hydrogen (secondary N) is 1. The summed E-state index contributed by atoms with van der Waals surface area (Å²) in [6, 6.07) is 10.5. The number of nitrogens with zero attached hydrogens (tertiary/aromatic N) is 2. The minimum absolute atomic E-state index is 0.00714. The first-order valence-corrected chi connectivity index (χ1v) is 7.99. The Bertz CT molecular complexity index is 808. The zero-order chi connectivity index (χ0) is 18.0. The predicted molar refractivity (Wildman–Crippen MR) is 91.7 cm³/mol. The molecule has 1 fully saturated rings. The summed E-state index contributed by atoms with van der Waals surface area (Å²) in [5, 5.41) is 14.3. The average Bonchev–Trinajstić information content (AvgIpc) is 2.90. The van der Waals surface area contributed by atoms with Gasteiger partial charge in [-0.25, -0.2) is 4.39 Å². The van der Waals surface area contributed by atoms with Gasteiger partial charge in [-0.1, -0.05) is 24.3 Å². The number of anilines is 1. The van der Waals surface area contributed by atoms with Crippen molar-refractivity contribution in [3.8, 4) is 0 Å². The first-order chi connectivity index (χ1) is 12.0. The Morgan fingerprint density at radius 1 is 1.28 bits per heavy atom. The molecule has 7 heteroatoms. The number of carbonyl (C=O) groups is 1. The molecule has 0 bridgehead atoms. The Morgan fingerprint density at radius 3 is 2.68 bits per heavy atom. The largest absolute Gasteiger partial charge is 0.368 e. The molecule has 0 aromatic heterocycles. The van der Waals surface area contributed by atoms with Crippen LogP contribution in [0.3, 0.4) is 0 Å². The van der Waals surface area contributed by atoms with Gasteiger partial charge in [0.2, 0.25) is 5.91 Å². The fourth-order valence-electron chi connectivity index (χ4n) is 3.05. The van der Waals surface area contributed by atoms with E-state index in [-0.39, 0.29) is 17.4 Å². The highest BCUT2D eigenvalue weighted by atomic mass is 19.1. The van der Waals surface area contributed by atoms with Gasteiger partial charge in [0.25, 0.3) is 5.69 Å². The number of hydrogen-bond donors (Lipinski definition) is 1. The van der Waals surface area contributed by atoms with Crippen LogP contribution in [0, 0.1) is 22.9 Å². The lowest BCUT2D eigenvalue weighted by Gasteiger charge is -2.18. The number of nitro benzene ring substituents is 1. The SMILES string of the molecule is Cc1cccc(NC2CCN(Cc3ccc(F)cc3)C2=O)c1[N+](=O)[O-]. The molecule has 1 aliphatic rings. The number of benzene rings is 2. The van der Waals surface area contributed by atoms with Gasteiger partial charge in [0.15, 0.2) is 0 Å². The maximum Gasteiger partial charge on any atom is 0.295 e. The Balaban J connectivity index is 1.72. The zero-order valence-electron chi connectivity index (χ0n) is 13.7. The summed E-state index contributed by atoms with van der Waals surface area (Å²) < 4.78 is 13.0. The fraction of sp³-hybridized carbons (Fsp3) is 0.278. The van der Waals surface area contributed by atoms with E-state index < -0.39 is 11.0 Å². The molecule has 25 heavy (non-hydrogen) atoms. The molecule has 1 N–H and O–H groups in total. The van der Waals surface area contributed by atoms with E-state index in [0.29, 0.717) is 30.8 Å². The molecule has 0 aliphatic carbocycles. The Kier molecular flexibility index (Phi) is 4.65.